The second-order valence-corrected chi connectivity index (χ2v) is 5.55. The lowest BCUT2D eigenvalue weighted by Crippen LogP contribution is -2.42. The molecule has 0 aromatic carbocycles. The first kappa shape index (κ1) is 14.1. The van der Waals surface area contributed by atoms with E-state index >= 15 is 0 Å². The second-order valence-electron chi connectivity index (χ2n) is 5.16. The van der Waals surface area contributed by atoms with Gasteiger partial charge in [-0.05, 0) is 33.6 Å². The number of amides is 1. The normalized spacial score (nSPS) is 19.3. The van der Waals surface area contributed by atoms with E-state index in [9.17, 15) is 4.79 Å². The molecule has 0 saturated carbocycles. The van der Waals surface area contributed by atoms with Gasteiger partial charge in [0, 0.05) is 19.0 Å². The Hall–Kier alpha value is -0.970. The van der Waals surface area contributed by atoms with Gasteiger partial charge in [0.15, 0.2) is 0 Å². The lowest BCUT2D eigenvalue weighted by atomic mass is 9.98. The monoisotopic (exact) mass is 262 g/mol. The second kappa shape index (κ2) is 5.58. The largest absolute Gasteiger partial charge is 0.444 e. The van der Waals surface area contributed by atoms with Crippen molar-refractivity contribution >= 4 is 22.9 Å². The lowest BCUT2D eigenvalue weighted by molar-refractivity contribution is 0.0202. The first-order valence-electron chi connectivity index (χ1n) is 5.69. The quantitative estimate of drug-likeness (QED) is 0.449. The summed E-state index contributed by atoms with van der Waals surface area (Å²) in [5.41, 5.74) is -0.474. The van der Waals surface area contributed by atoms with Gasteiger partial charge in [-0.25, -0.2) is 4.79 Å². The summed E-state index contributed by atoms with van der Waals surface area (Å²) in [6, 6.07) is 0. The van der Waals surface area contributed by atoms with E-state index < -0.39 is 5.60 Å². The van der Waals surface area contributed by atoms with Crippen LogP contribution in [0.5, 0.6) is 0 Å². The zero-order chi connectivity index (χ0) is 13.1. The van der Waals surface area contributed by atoms with E-state index in [0.717, 1.165) is 0 Å². The van der Waals surface area contributed by atoms with Crippen molar-refractivity contribution < 1.29 is 14.7 Å². The molecule has 5 nitrogen and oxygen atoms in total. The zero-order valence-electron chi connectivity index (χ0n) is 10.4. The van der Waals surface area contributed by atoms with Crippen LogP contribution in [0.25, 0.3) is 0 Å². The molecule has 98 valence electrons. The van der Waals surface area contributed by atoms with Crippen LogP contribution in [0.15, 0.2) is 5.16 Å². The van der Waals surface area contributed by atoms with Crippen LogP contribution in [0.3, 0.4) is 0 Å². The molecule has 0 aromatic heterocycles. The number of hydrogen-bond donors (Lipinski definition) is 1. The van der Waals surface area contributed by atoms with Gasteiger partial charge in [0.25, 0.3) is 0 Å². The van der Waals surface area contributed by atoms with Gasteiger partial charge in [-0.15, -0.1) is 0 Å². The highest BCUT2D eigenvalue weighted by atomic mass is 35.5. The summed E-state index contributed by atoms with van der Waals surface area (Å²) in [6.45, 7) is 6.67. The Bertz CT molecular complexity index is 304. The maximum atomic E-state index is 11.8. The van der Waals surface area contributed by atoms with E-state index in [0.29, 0.717) is 25.9 Å². The Balaban J connectivity index is 2.44. The van der Waals surface area contributed by atoms with Gasteiger partial charge >= 0.3 is 6.09 Å². The molecule has 1 rings (SSSR count). The van der Waals surface area contributed by atoms with Gasteiger partial charge in [0.05, 0.1) is 0 Å². The van der Waals surface area contributed by atoms with Crippen LogP contribution in [0.4, 0.5) is 4.79 Å². The van der Waals surface area contributed by atoms with E-state index in [-0.39, 0.29) is 17.2 Å². The van der Waals surface area contributed by atoms with Crippen molar-refractivity contribution in [1.82, 2.24) is 4.90 Å². The number of carbonyl (C=O) groups excluding carboxylic acids is 1. The van der Waals surface area contributed by atoms with Crippen molar-refractivity contribution in [3.8, 4) is 0 Å². The molecule has 1 heterocycles. The van der Waals surface area contributed by atoms with Crippen LogP contribution in [0.1, 0.15) is 33.6 Å². The zero-order valence-corrected chi connectivity index (χ0v) is 11.2. The van der Waals surface area contributed by atoms with Gasteiger partial charge in [0.2, 0.25) is 0 Å². The van der Waals surface area contributed by atoms with Crippen molar-refractivity contribution in [2.45, 2.75) is 39.2 Å². The van der Waals surface area contributed by atoms with E-state index in [1.54, 1.807) is 4.90 Å². The molecule has 0 atom stereocenters. The fourth-order valence-corrected chi connectivity index (χ4v) is 1.93. The summed E-state index contributed by atoms with van der Waals surface area (Å²) in [4.78, 5) is 13.4. The number of likely N-dealkylation sites (tertiary alicyclic amines) is 1. The number of hydrogen-bond acceptors (Lipinski definition) is 4. The highest BCUT2D eigenvalue weighted by molar-refractivity contribution is 6.65. The lowest BCUT2D eigenvalue weighted by Gasteiger charge is -2.32. The number of carbonyl (C=O) groups is 1. The van der Waals surface area contributed by atoms with E-state index in [4.69, 9.17) is 21.5 Å². The van der Waals surface area contributed by atoms with Crippen LogP contribution in [-0.4, -0.2) is 40.1 Å². The van der Waals surface area contributed by atoms with Crippen molar-refractivity contribution in [2.24, 2.45) is 11.1 Å². The first-order valence-corrected chi connectivity index (χ1v) is 6.06. The molecule has 0 aromatic rings. The van der Waals surface area contributed by atoms with E-state index in [1.807, 2.05) is 20.8 Å². The fourth-order valence-electron chi connectivity index (χ4n) is 1.71. The third-order valence-corrected chi connectivity index (χ3v) is 2.96. The van der Waals surface area contributed by atoms with Crippen LogP contribution < -0.4 is 0 Å². The summed E-state index contributed by atoms with van der Waals surface area (Å²) >= 11 is 5.74. The van der Waals surface area contributed by atoms with E-state index in [1.165, 1.54) is 0 Å². The number of nitrogens with zero attached hydrogens (tertiary/aromatic N) is 2. The Morgan fingerprint density at radius 3 is 2.35 bits per heavy atom. The maximum Gasteiger partial charge on any atom is 0.410 e. The smallest absolute Gasteiger partial charge is 0.410 e. The minimum Gasteiger partial charge on any atom is -0.444 e. The molecular formula is C11H19ClN2O3. The first-order chi connectivity index (χ1) is 7.83. The molecule has 1 aliphatic heterocycles. The topological polar surface area (TPSA) is 62.1 Å². The van der Waals surface area contributed by atoms with Crippen LogP contribution >= 0.6 is 11.6 Å². The van der Waals surface area contributed by atoms with Gasteiger partial charge in [-0.3, -0.25) is 0 Å². The molecule has 17 heavy (non-hydrogen) atoms. The maximum absolute atomic E-state index is 11.8. The fraction of sp³-hybridized carbons (Fsp3) is 0.818. The molecule has 0 spiro atoms. The molecule has 1 saturated heterocycles. The number of ether oxygens (including phenoxy) is 1. The molecule has 1 N–H and O–H groups in total. The number of rotatable bonds is 1. The highest BCUT2D eigenvalue weighted by Gasteiger charge is 2.28. The number of oxime groups is 1. The molecule has 1 amide bonds. The Labute approximate surface area is 106 Å². The molecule has 1 aliphatic rings. The minimum atomic E-state index is -0.474. The summed E-state index contributed by atoms with van der Waals surface area (Å²) in [7, 11) is 0. The predicted octanol–water partition coefficient (Wildman–Crippen LogP) is 2.66. The molecule has 6 heteroatoms. The number of piperidine rings is 1. The minimum absolute atomic E-state index is 0.0420. The SMILES string of the molecule is CC(C)(C)OC(=O)N1CCC(/C(Cl)=N\O)CC1. The van der Waals surface area contributed by atoms with Crippen molar-refractivity contribution in [3.05, 3.63) is 0 Å². The highest BCUT2D eigenvalue weighted by Crippen LogP contribution is 2.22. The van der Waals surface area contributed by atoms with Crippen molar-refractivity contribution in [1.29, 1.82) is 0 Å². The standard InChI is InChI=1S/C11H19ClN2O3/c1-11(2,3)17-10(15)14-6-4-8(5-7-14)9(12)13-16/h8,16H,4-7H2,1-3H3/b13-9+. The summed E-state index contributed by atoms with van der Waals surface area (Å²) in [6.07, 6.45) is 1.09. The van der Waals surface area contributed by atoms with Crippen molar-refractivity contribution in [2.75, 3.05) is 13.1 Å². The van der Waals surface area contributed by atoms with Gasteiger partial charge in [0.1, 0.15) is 10.8 Å². The van der Waals surface area contributed by atoms with E-state index in [2.05, 4.69) is 5.16 Å². The molecular weight excluding hydrogens is 244 g/mol. The molecule has 0 aliphatic carbocycles. The van der Waals surface area contributed by atoms with Gasteiger partial charge < -0.3 is 14.8 Å². The third kappa shape index (κ3) is 4.42. The Morgan fingerprint density at radius 1 is 1.41 bits per heavy atom. The average molecular weight is 263 g/mol. The third-order valence-electron chi connectivity index (χ3n) is 2.58. The number of halogens is 1. The molecule has 0 bridgehead atoms. The summed E-state index contributed by atoms with van der Waals surface area (Å²) in [5, 5.41) is 11.8. The van der Waals surface area contributed by atoms with Crippen LogP contribution in [-0.2, 0) is 4.74 Å². The molecule has 0 radical (unpaired) electrons. The molecule has 0 unspecified atom stereocenters. The summed E-state index contributed by atoms with van der Waals surface area (Å²) in [5.74, 6) is 0.0420. The Kier molecular flexibility index (Phi) is 4.62. The van der Waals surface area contributed by atoms with Crippen molar-refractivity contribution in [3.63, 3.8) is 0 Å². The molecule has 1 fully saturated rings. The summed E-state index contributed by atoms with van der Waals surface area (Å²) < 4.78 is 5.27. The Morgan fingerprint density at radius 2 is 1.94 bits per heavy atom. The van der Waals surface area contributed by atoms with Crippen LogP contribution in [0.2, 0.25) is 0 Å². The van der Waals surface area contributed by atoms with Gasteiger partial charge in [-0.1, -0.05) is 16.8 Å². The predicted molar refractivity (Wildman–Crippen MR) is 65.6 cm³/mol. The average Bonchev–Trinajstić information content (AvgIpc) is 2.26. The van der Waals surface area contributed by atoms with Crippen LogP contribution in [0, 0.1) is 5.92 Å². The van der Waals surface area contributed by atoms with Gasteiger partial charge in [-0.2, -0.15) is 0 Å².